The number of hydrogen-bond acceptors (Lipinski definition) is 5. The Balaban J connectivity index is 1.58. The van der Waals surface area contributed by atoms with Crippen molar-refractivity contribution < 1.29 is 27.1 Å². The summed E-state index contributed by atoms with van der Waals surface area (Å²) < 4.78 is 50.1. The molecule has 0 radical (unpaired) electrons. The molecular weight excluding hydrogens is 418 g/mol. The molecule has 0 bridgehead atoms. The summed E-state index contributed by atoms with van der Waals surface area (Å²) in [5, 5.41) is 1.36. The Bertz CT molecular complexity index is 1500. The number of fused-ring (bicyclic) bond motifs is 2. The molecule has 2 heterocycles. The van der Waals surface area contributed by atoms with Crippen LogP contribution in [0.4, 0.5) is 8.78 Å². The molecule has 0 amide bonds. The molecule has 0 fully saturated rings. The van der Waals surface area contributed by atoms with E-state index in [0.717, 1.165) is 5.39 Å². The topological polar surface area (TPSA) is 61.8 Å². The number of para-hydroxylation sites is 1. The van der Waals surface area contributed by atoms with Crippen molar-refractivity contribution in [2.24, 2.45) is 0 Å². The Morgan fingerprint density at radius 2 is 1.69 bits per heavy atom. The number of rotatable bonds is 5. The maximum atomic E-state index is 13.9. The van der Waals surface area contributed by atoms with Crippen LogP contribution >= 0.6 is 0 Å². The van der Waals surface area contributed by atoms with E-state index in [1.165, 1.54) is 24.3 Å². The largest absolute Gasteiger partial charge is 0.493 e. The van der Waals surface area contributed by atoms with E-state index >= 15 is 0 Å². The van der Waals surface area contributed by atoms with Crippen LogP contribution in [0, 0.1) is 11.6 Å². The van der Waals surface area contributed by atoms with E-state index in [-0.39, 0.29) is 12.2 Å². The second-order valence-electron chi connectivity index (χ2n) is 7.12. The zero-order valence-electron chi connectivity index (χ0n) is 16.9. The first-order chi connectivity index (χ1) is 15.5. The Hall–Kier alpha value is -4.13. The minimum Gasteiger partial charge on any atom is -0.493 e. The van der Waals surface area contributed by atoms with Gasteiger partial charge in [0.05, 0.1) is 12.7 Å². The third-order valence-electron chi connectivity index (χ3n) is 5.15. The standard InChI is InChI=1S/C25H16F2O5/c1-29-22-7-2-4-14-10-23(32-25(14)22)17-12-24(28)31-21-9-8-15(11-16(17)21)30-13-18-19(26)5-3-6-20(18)27/h2-12H,13H2,1H3. The molecule has 0 unspecified atom stereocenters. The van der Waals surface area contributed by atoms with E-state index < -0.39 is 17.3 Å². The van der Waals surface area contributed by atoms with Gasteiger partial charge in [0.2, 0.25) is 0 Å². The van der Waals surface area contributed by atoms with Gasteiger partial charge in [0.15, 0.2) is 11.3 Å². The molecule has 160 valence electrons. The molecule has 0 aliphatic heterocycles. The summed E-state index contributed by atoms with van der Waals surface area (Å²) in [6.07, 6.45) is 0. The van der Waals surface area contributed by atoms with Crippen LogP contribution in [0.3, 0.4) is 0 Å². The summed E-state index contributed by atoms with van der Waals surface area (Å²) in [5.41, 5.74) is 0.661. The van der Waals surface area contributed by atoms with Gasteiger partial charge >= 0.3 is 5.63 Å². The fraction of sp³-hybridized carbons (Fsp3) is 0.0800. The van der Waals surface area contributed by atoms with E-state index in [0.29, 0.717) is 39.4 Å². The van der Waals surface area contributed by atoms with Gasteiger partial charge in [-0.2, -0.15) is 0 Å². The molecule has 0 N–H and O–H groups in total. The molecule has 7 heteroatoms. The lowest BCUT2D eigenvalue weighted by molar-refractivity contribution is 0.293. The van der Waals surface area contributed by atoms with Crippen LogP contribution in [0.1, 0.15) is 5.56 Å². The zero-order chi connectivity index (χ0) is 22.2. The lowest BCUT2D eigenvalue weighted by Gasteiger charge is -2.10. The Labute approximate surface area is 180 Å². The molecule has 2 aromatic heterocycles. The fourth-order valence-electron chi connectivity index (χ4n) is 3.59. The smallest absolute Gasteiger partial charge is 0.336 e. The van der Waals surface area contributed by atoms with Crippen molar-refractivity contribution in [1.29, 1.82) is 0 Å². The Morgan fingerprint density at radius 3 is 2.47 bits per heavy atom. The van der Waals surface area contributed by atoms with Gasteiger partial charge in [0, 0.05) is 22.4 Å². The maximum absolute atomic E-state index is 13.9. The highest BCUT2D eigenvalue weighted by Gasteiger charge is 2.16. The predicted octanol–water partition coefficient (Wildman–Crippen LogP) is 6.07. The highest BCUT2D eigenvalue weighted by atomic mass is 19.1. The summed E-state index contributed by atoms with van der Waals surface area (Å²) in [6, 6.07) is 17.0. The van der Waals surface area contributed by atoms with Crippen molar-refractivity contribution >= 4 is 21.9 Å². The molecule has 5 rings (SSSR count). The molecule has 0 aliphatic rings. The molecule has 0 aliphatic carbocycles. The average molecular weight is 434 g/mol. The number of furan rings is 1. The van der Waals surface area contributed by atoms with Gasteiger partial charge in [-0.25, -0.2) is 13.6 Å². The molecule has 0 saturated carbocycles. The second kappa shape index (κ2) is 7.85. The van der Waals surface area contributed by atoms with Crippen LogP contribution in [0.15, 0.2) is 80.4 Å². The number of halogens is 2. The van der Waals surface area contributed by atoms with Crippen LogP contribution in [0.25, 0.3) is 33.3 Å². The summed E-state index contributed by atoms with van der Waals surface area (Å²) in [6.45, 7) is -0.294. The first-order valence-corrected chi connectivity index (χ1v) is 9.74. The molecule has 0 atom stereocenters. The van der Waals surface area contributed by atoms with Gasteiger partial charge in [-0.1, -0.05) is 18.2 Å². The molecule has 0 saturated heterocycles. The summed E-state index contributed by atoms with van der Waals surface area (Å²) in [7, 11) is 1.55. The van der Waals surface area contributed by atoms with Crippen molar-refractivity contribution in [2.45, 2.75) is 6.61 Å². The van der Waals surface area contributed by atoms with E-state index in [1.807, 2.05) is 12.1 Å². The van der Waals surface area contributed by atoms with Crippen LogP contribution in [-0.2, 0) is 6.61 Å². The van der Waals surface area contributed by atoms with Crippen molar-refractivity contribution in [3.63, 3.8) is 0 Å². The Morgan fingerprint density at radius 1 is 0.906 bits per heavy atom. The monoisotopic (exact) mass is 434 g/mol. The predicted molar refractivity (Wildman–Crippen MR) is 115 cm³/mol. The first kappa shape index (κ1) is 19.8. The summed E-state index contributed by atoms with van der Waals surface area (Å²) >= 11 is 0. The normalized spacial score (nSPS) is 11.2. The van der Waals surface area contributed by atoms with Crippen LogP contribution in [-0.4, -0.2) is 7.11 Å². The molecular formula is C25H16F2O5. The molecule has 5 aromatic rings. The highest BCUT2D eigenvalue weighted by molar-refractivity contribution is 5.96. The van der Waals surface area contributed by atoms with Crippen LogP contribution in [0.5, 0.6) is 11.5 Å². The fourth-order valence-corrected chi connectivity index (χ4v) is 3.59. The van der Waals surface area contributed by atoms with E-state index in [9.17, 15) is 13.6 Å². The lowest BCUT2D eigenvalue weighted by Crippen LogP contribution is -2.02. The lowest BCUT2D eigenvalue weighted by atomic mass is 10.1. The third kappa shape index (κ3) is 3.47. The third-order valence-corrected chi connectivity index (χ3v) is 5.15. The highest BCUT2D eigenvalue weighted by Crippen LogP contribution is 2.36. The van der Waals surface area contributed by atoms with Crippen molar-refractivity contribution in [3.8, 4) is 22.8 Å². The zero-order valence-corrected chi connectivity index (χ0v) is 16.9. The van der Waals surface area contributed by atoms with Gasteiger partial charge in [-0.05, 0) is 42.5 Å². The minimum atomic E-state index is -0.686. The number of ether oxygens (including phenoxy) is 2. The van der Waals surface area contributed by atoms with E-state index in [2.05, 4.69) is 0 Å². The number of methoxy groups -OCH3 is 1. The average Bonchev–Trinajstić information content (AvgIpc) is 3.22. The van der Waals surface area contributed by atoms with Crippen LogP contribution < -0.4 is 15.1 Å². The molecule has 3 aromatic carbocycles. The van der Waals surface area contributed by atoms with Gasteiger partial charge in [-0.15, -0.1) is 0 Å². The molecule has 5 nitrogen and oxygen atoms in total. The summed E-state index contributed by atoms with van der Waals surface area (Å²) in [5.74, 6) is -0.0111. The first-order valence-electron chi connectivity index (χ1n) is 9.74. The van der Waals surface area contributed by atoms with Crippen molar-refractivity contribution in [3.05, 3.63) is 94.3 Å². The van der Waals surface area contributed by atoms with E-state index in [4.69, 9.17) is 18.3 Å². The van der Waals surface area contributed by atoms with Gasteiger partial charge in [-0.3, -0.25) is 0 Å². The van der Waals surface area contributed by atoms with Gasteiger partial charge < -0.3 is 18.3 Å². The van der Waals surface area contributed by atoms with Gasteiger partial charge in [0.25, 0.3) is 0 Å². The molecule has 0 spiro atoms. The Kier molecular flexibility index (Phi) is 4.86. The van der Waals surface area contributed by atoms with Crippen molar-refractivity contribution in [1.82, 2.24) is 0 Å². The molecule has 32 heavy (non-hydrogen) atoms. The SMILES string of the molecule is COc1cccc2cc(-c3cc(=O)oc4ccc(OCc5c(F)cccc5F)cc34)oc12. The minimum absolute atomic E-state index is 0.170. The van der Waals surface area contributed by atoms with Crippen LogP contribution in [0.2, 0.25) is 0 Å². The van der Waals surface area contributed by atoms with Gasteiger partial charge in [0.1, 0.15) is 35.3 Å². The quantitative estimate of drug-likeness (QED) is 0.314. The second-order valence-corrected chi connectivity index (χ2v) is 7.12. The maximum Gasteiger partial charge on any atom is 0.336 e. The summed E-state index contributed by atoms with van der Waals surface area (Å²) in [4.78, 5) is 12.1. The van der Waals surface area contributed by atoms with Crippen molar-refractivity contribution in [2.75, 3.05) is 7.11 Å². The number of hydrogen-bond donors (Lipinski definition) is 0. The number of benzene rings is 3. The van der Waals surface area contributed by atoms with E-state index in [1.54, 1.807) is 37.4 Å².